The number of benzene rings is 3. The van der Waals surface area contributed by atoms with E-state index in [2.05, 4.69) is 21.2 Å². The minimum atomic E-state index is -0.593. The number of nitrogens with zero attached hydrogens (tertiary/aromatic N) is 1. The van der Waals surface area contributed by atoms with Gasteiger partial charge in [0.1, 0.15) is 6.04 Å². The first-order valence-electron chi connectivity index (χ1n) is 10.6. The molecule has 6 heteroatoms. The second-order valence-electron chi connectivity index (χ2n) is 7.35. The molecule has 0 aliphatic carbocycles. The minimum absolute atomic E-state index is 0.0612. The highest BCUT2D eigenvalue weighted by Gasteiger charge is 2.30. The molecule has 0 fully saturated rings. The number of hydrogen-bond acceptors (Lipinski definition) is 3. The van der Waals surface area contributed by atoms with Gasteiger partial charge >= 0.3 is 0 Å². The van der Waals surface area contributed by atoms with Gasteiger partial charge in [-0.3, -0.25) is 9.59 Å². The molecule has 0 heterocycles. The van der Waals surface area contributed by atoms with Crippen molar-refractivity contribution in [3.63, 3.8) is 0 Å². The van der Waals surface area contributed by atoms with E-state index in [-0.39, 0.29) is 17.6 Å². The predicted octanol–water partition coefficient (Wildman–Crippen LogP) is 5.32. The lowest BCUT2D eigenvalue weighted by atomic mass is 10.0. The van der Waals surface area contributed by atoms with Crippen LogP contribution < -0.4 is 5.32 Å². The summed E-state index contributed by atoms with van der Waals surface area (Å²) in [6, 6.07) is 27.0. The van der Waals surface area contributed by atoms with Gasteiger partial charge in [0.2, 0.25) is 11.8 Å². The number of nitrogens with one attached hydrogen (secondary N) is 1. The standard InChI is InChI=1S/C26H27BrN2O2S/c1-2-28-26(31)24(17-20-9-5-3-6-10-20)29(18-21-13-15-22(27)16-14-21)25(30)19-32-23-11-7-4-8-12-23/h3-16,24H,2,17-19H2,1H3,(H,28,31)/t24-/m0/s1. The van der Waals surface area contributed by atoms with Crippen LogP contribution in [0.1, 0.15) is 18.1 Å². The van der Waals surface area contributed by atoms with Gasteiger partial charge in [0.15, 0.2) is 0 Å². The fourth-order valence-corrected chi connectivity index (χ4v) is 4.45. The molecule has 0 saturated heterocycles. The molecule has 0 bridgehead atoms. The van der Waals surface area contributed by atoms with Gasteiger partial charge in [-0.05, 0) is 42.3 Å². The molecular formula is C26H27BrN2O2S. The molecule has 166 valence electrons. The lowest BCUT2D eigenvalue weighted by Crippen LogP contribution is -2.51. The van der Waals surface area contributed by atoms with E-state index < -0.39 is 6.04 Å². The molecular weight excluding hydrogens is 484 g/mol. The molecule has 3 rings (SSSR count). The highest BCUT2D eigenvalue weighted by atomic mass is 79.9. The predicted molar refractivity (Wildman–Crippen MR) is 134 cm³/mol. The Hall–Kier alpha value is -2.57. The molecule has 0 radical (unpaired) electrons. The fraction of sp³-hybridized carbons (Fsp3) is 0.231. The van der Waals surface area contributed by atoms with E-state index in [1.54, 1.807) is 4.90 Å². The fourth-order valence-electron chi connectivity index (χ4n) is 3.38. The molecule has 0 spiro atoms. The number of likely N-dealkylation sites (N-methyl/N-ethyl adjacent to an activating group) is 1. The first-order valence-corrected chi connectivity index (χ1v) is 12.4. The van der Waals surface area contributed by atoms with Crippen LogP contribution in [0, 0.1) is 0 Å². The van der Waals surface area contributed by atoms with Crippen molar-refractivity contribution in [3.05, 3.63) is 101 Å². The number of hydrogen-bond donors (Lipinski definition) is 1. The van der Waals surface area contributed by atoms with Gasteiger partial charge in [0, 0.05) is 28.9 Å². The van der Waals surface area contributed by atoms with E-state index in [1.165, 1.54) is 11.8 Å². The smallest absolute Gasteiger partial charge is 0.243 e. The van der Waals surface area contributed by atoms with Crippen LogP contribution in [0.5, 0.6) is 0 Å². The number of rotatable bonds is 10. The average molecular weight is 511 g/mol. The monoisotopic (exact) mass is 510 g/mol. The second-order valence-corrected chi connectivity index (χ2v) is 9.31. The quantitative estimate of drug-likeness (QED) is 0.375. The van der Waals surface area contributed by atoms with Gasteiger partial charge < -0.3 is 10.2 Å². The summed E-state index contributed by atoms with van der Waals surface area (Å²) in [5.74, 6) is 0.0751. The molecule has 3 aromatic rings. The van der Waals surface area contributed by atoms with Gasteiger partial charge in [-0.15, -0.1) is 11.8 Å². The van der Waals surface area contributed by atoms with Crippen LogP contribution in [0.15, 0.2) is 94.3 Å². The molecule has 0 aliphatic heterocycles. The van der Waals surface area contributed by atoms with Crippen LogP contribution in [0.25, 0.3) is 0 Å². The molecule has 4 nitrogen and oxygen atoms in total. The van der Waals surface area contributed by atoms with Gasteiger partial charge in [-0.25, -0.2) is 0 Å². The van der Waals surface area contributed by atoms with Gasteiger partial charge in [0.25, 0.3) is 0 Å². The second kappa shape index (κ2) is 12.5. The maximum atomic E-state index is 13.4. The number of halogens is 1. The SMILES string of the molecule is CCNC(=O)[C@H](Cc1ccccc1)N(Cc1ccc(Br)cc1)C(=O)CSc1ccccc1. The van der Waals surface area contributed by atoms with Crippen LogP contribution in [-0.4, -0.2) is 35.1 Å². The molecule has 0 aliphatic rings. The molecule has 1 atom stereocenters. The Bertz CT molecular complexity index is 997. The maximum absolute atomic E-state index is 13.4. The van der Waals surface area contributed by atoms with E-state index in [0.717, 1.165) is 20.5 Å². The third kappa shape index (κ3) is 7.24. The highest BCUT2D eigenvalue weighted by molar-refractivity contribution is 9.10. The molecule has 0 saturated carbocycles. The molecule has 1 N–H and O–H groups in total. The summed E-state index contributed by atoms with van der Waals surface area (Å²) in [5.41, 5.74) is 2.00. The summed E-state index contributed by atoms with van der Waals surface area (Å²) in [4.78, 5) is 29.3. The van der Waals surface area contributed by atoms with Crippen molar-refractivity contribution in [3.8, 4) is 0 Å². The third-order valence-corrected chi connectivity index (χ3v) is 6.52. The molecule has 3 aromatic carbocycles. The lowest BCUT2D eigenvalue weighted by molar-refractivity contribution is -0.139. The lowest BCUT2D eigenvalue weighted by Gasteiger charge is -2.31. The summed E-state index contributed by atoms with van der Waals surface area (Å²) in [5, 5.41) is 2.92. The van der Waals surface area contributed by atoms with E-state index in [4.69, 9.17) is 0 Å². The van der Waals surface area contributed by atoms with E-state index in [9.17, 15) is 9.59 Å². The summed E-state index contributed by atoms with van der Waals surface area (Å²) in [6.07, 6.45) is 0.463. The van der Waals surface area contributed by atoms with Gasteiger partial charge in [-0.1, -0.05) is 76.6 Å². The average Bonchev–Trinajstić information content (AvgIpc) is 2.82. The van der Waals surface area contributed by atoms with Crippen molar-refractivity contribution in [2.75, 3.05) is 12.3 Å². The van der Waals surface area contributed by atoms with Crippen LogP contribution in [-0.2, 0) is 22.6 Å². The molecule has 0 unspecified atom stereocenters. The van der Waals surface area contributed by atoms with Crippen molar-refractivity contribution >= 4 is 39.5 Å². The van der Waals surface area contributed by atoms with E-state index >= 15 is 0 Å². The zero-order chi connectivity index (χ0) is 22.8. The van der Waals surface area contributed by atoms with Crippen molar-refractivity contribution in [2.24, 2.45) is 0 Å². The van der Waals surface area contributed by atoms with Crippen LogP contribution in [0.3, 0.4) is 0 Å². The number of carbonyl (C=O) groups excluding carboxylic acids is 2. The minimum Gasteiger partial charge on any atom is -0.355 e. The Labute approximate surface area is 202 Å². The van der Waals surface area contributed by atoms with Crippen LogP contribution in [0.2, 0.25) is 0 Å². The molecule has 2 amide bonds. The summed E-state index contributed by atoms with van der Waals surface area (Å²) in [6.45, 7) is 2.78. The Kier molecular flexibility index (Phi) is 9.38. The number of amides is 2. The summed E-state index contributed by atoms with van der Waals surface area (Å²) >= 11 is 4.95. The molecule has 32 heavy (non-hydrogen) atoms. The van der Waals surface area contributed by atoms with Crippen molar-refractivity contribution in [2.45, 2.75) is 30.8 Å². The zero-order valence-electron chi connectivity index (χ0n) is 18.0. The maximum Gasteiger partial charge on any atom is 0.243 e. The largest absolute Gasteiger partial charge is 0.355 e. The van der Waals surface area contributed by atoms with Crippen molar-refractivity contribution in [1.82, 2.24) is 10.2 Å². The first-order chi connectivity index (χ1) is 15.6. The first kappa shape index (κ1) is 24.1. The summed E-state index contributed by atoms with van der Waals surface area (Å²) in [7, 11) is 0. The zero-order valence-corrected chi connectivity index (χ0v) is 20.4. The van der Waals surface area contributed by atoms with Crippen LogP contribution in [0.4, 0.5) is 0 Å². The van der Waals surface area contributed by atoms with E-state index in [0.29, 0.717) is 19.5 Å². The Balaban J connectivity index is 1.87. The highest BCUT2D eigenvalue weighted by Crippen LogP contribution is 2.21. The Morgan fingerprint density at radius 1 is 0.906 bits per heavy atom. The molecule has 0 aromatic heterocycles. The number of thioether (sulfide) groups is 1. The third-order valence-electron chi connectivity index (χ3n) is 4.99. The normalized spacial score (nSPS) is 11.6. The van der Waals surface area contributed by atoms with Crippen molar-refractivity contribution in [1.29, 1.82) is 0 Å². The summed E-state index contributed by atoms with van der Waals surface area (Å²) < 4.78 is 0.975. The van der Waals surface area contributed by atoms with Gasteiger partial charge in [-0.2, -0.15) is 0 Å². The van der Waals surface area contributed by atoms with Crippen LogP contribution >= 0.6 is 27.7 Å². The Morgan fingerprint density at radius 3 is 2.16 bits per heavy atom. The number of carbonyl (C=O) groups is 2. The van der Waals surface area contributed by atoms with Gasteiger partial charge in [0.05, 0.1) is 5.75 Å². The van der Waals surface area contributed by atoms with E-state index in [1.807, 2.05) is 91.9 Å². The Morgan fingerprint density at radius 2 is 1.53 bits per heavy atom. The topological polar surface area (TPSA) is 49.4 Å². The van der Waals surface area contributed by atoms with Crippen molar-refractivity contribution < 1.29 is 9.59 Å².